The number of ether oxygens (including phenoxy) is 1. The zero-order valence-corrected chi connectivity index (χ0v) is 10.3. The first-order valence-electron chi connectivity index (χ1n) is 5.23. The largest absolute Gasteiger partial charge is 0.494 e. The first-order valence-corrected chi connectivity index (χ1v) is 5.61. The van der Waals surface area contributed by atoms with Crippen LogP contribution in [0.15, 0.2) is 18.2 Å². The fourth-order valence-electron chi connectivity index (χ4n) is 1.25. The highest BCUT2D eigenvalue weighted by Crippen LogP contribution is 2.21. The molecule has 0 spiro atoms. The summed E-state index contributed by atoms with van der Waals surface area (Å²) < 4.78 is 5.50. The minimum absolute atomic E-state index is 0.0379. The number of hydrogen-bond acceptors (Lipinski definition) is 2. The average Bonchev–Trinajstić information content (AvgIpc) is 2.28. The third-order valence-electron chi connectivity index (χ3n) is 2.23. The number of nitrogens with one attached hydrogen (secondary N) is 1. The highest BCUT2D eigenvalue weighted by molar-refractivity contribution is 6.31. The molecule has 88 valence electrons. The Morgan fingerprint density at radius 1 is 1.50 bits per heavy atom. The highest BCUT2D eigenvalue weighted by Gasteiger charge is 2.00. The Morgan fingerprint density at radius 3 is 2.88 bits per heavy atom. The molecule has 0 aliphatic carbocycles. The Bertz CT molecular complexity index is 366. The van der Waals surface area contributed by atoms with Crippen molar-refractivity contribution in [1.29, 1.82) is 0 Å². The number of carbonyl (C=O) groups is 1. The van der Waals surface area contributed by atoms with Gasteiger partial charge in [-0.1, -0.05) is 11.6 Å². The number of rotatable bonds is 5. The maximum absolute atomic E-state index is 10.9. The van der Waals surface area contributed by atoms with Gasteiger partial charge < -0.3 is 10.1 Å². The molecule has 0 heterocycles. The van der Waals surface area contributed by atoms with Crippen LogP contribution in [0.3, 0.4) is 0 Å². The van der Waals surface area contributed by atoms with Crippen LogP contribution >= 0.6 is 11.6 Å². The molecule has 1 amide bonds. The zero-order chi connectivity index (χ0) is 12.0. The fourth-order valence-corrected chi connectivity index (χ4v) is 1.37. The van der Waals surface area contributed by atoms with Gasteiger partial charge in [0.1, 0.15) is 5.75 Å². The molecular formula is C12H16ClNO2. The Morgan fingerprint density at radius 2 is 2.25 bits per heavy atom. The van der Waals surface area contributed by atoms with Crippen LogP contribution in [0.5, 0.6) is 5.75 Å². The smallest absolute Gasteiger partial charge is 0.219 e. The van der Waals surface area contributed by atoms with Crippen LogP contribution in [0.4, 0.5) is 0 Å². The molecule has 1 rings (SSSR count). The van der Waals surface area contributed by atoms with E-state index in [1.165, 1.54) is 0 Å². The summed E-state index contributed by atoms with van der Waals surface area (Å²) in [5.74, 6) is 0.828. The van der Waals surface area contributed by atoms with Crippen molar-refractivity contribution in [3.8, 4) is 5.75 Å². The predicted octanol–water partition coefficient (Wildman–Crippen LogP) is 2.55. The number of carbonyl (C=O) groups excluding carboxylic acids is 1. The number of hydrogen-bond donors (Lipinski definition) is 1. The molecule has 0 radical (unpaired) electrons. The lowest BCUT2D eigenvalue weighted by Crippen LogP contribution is -2.18. The van der Waals surface area contributed by atoms with Crippen LogP contribution in [0, 0.1) is 6.92 Å². The van der Waals surface area contributed by atoms with Crippen LogP contribution in [-0.2, 0) is 4.79 Å². The second-order valence-corrected chi connectivity index (χ2v) is 3.94. The summed E-state index contributed by atoms with van der Waals surface area (Å²) >= 11 is 5.89. The van der Waals surface area contributed by atoms with Crippen molar-refractivity contribution < 1.29 is 9.53 Å². The van der Waals surface area contributed by atoms with Crippen molar-refractivity contribution in [1.82, 2.24) is 5.32 Å². The van der Waals surface area contributed by atoms with Gasteiger partial charge in [-0.2, -0.15) is 0 Å². The lowest BCUT2D eigenvalue weighted by molar-refractivity contribution is -0.120. The maximum Gasteiger partial charge on any atom is 0.219 e. The van der Waals surface area contributed by atoms with Gasteiger partial charge in [-0.05, 0) is 37.1 Å². The summed E-state index contributed by atoms with van der Waals surface area (Å²) in [6.07, 6.45) is 1.20. The van der Waals surface area contributed by atoms with Crippen LogP contribution < -0.4 is 10.1 Å². The van der Waals surface area contributed by atoms with Crippen LogP contribution in [0.1, 0.15) is 18.4 Å². The SMILES string of the molecule is CNC(=O)CCCOc1ccc(Cl)c(C)c1. The van der Waals surface area contributed by atoms with Gasteiger partial charge in [-0.3, -0.25) is 4.79 Å². The standard InChI is InChI=1S/C12H16ClNO2/c1-9-8-10(5-6-11(9)13)16-7-3-4-12(15)14-2/h5-6,8H,3-4,7H2,1-2H3,(H,14,15). The van der Waals surface area contributed by atoms with E-state index in [2.05, 4.69) is 5.32 Å². The van der Waals surface area contributed by atoms with Gasteiger partial charge >= 0.3 is 0 Å². The molecule has 0 fully saturated rings. The van der Waals surface area contributed by atoms with Gasteiger partial charge in [-0.25, -0.2) is 0 Å². The molecule has 0 aromatic heterocycles. The van der Waals surface area contributed by atoms with Crippen LogP contribution in [-0.4, -0.2) is 19.6 Å². The molecule has 0 saturated heterocycles. The molecule has 0 unspecified atom stereocenters. The van der Waals surface area contributed by atoms with E-state index in [-0.39, 0.29) is 5.91 Å². The van der Waals surface area contributed by atoms with Crippen molar-refractivity contribution in [2.75, 3.05) is 13.7 Å². The molecule has 1 aromatic carbocycles. The van der Waals surface area contributed by atoms with Crippen molar-refractivity contribution >= 4 is 17.5 Å². The topological polar surface area (TPSA) is 38.3 Å². The monoisotopic (exact) mass is 241 g/mol. The summed E-state index contributed by atoms with van der Waals surface area (Å²) in [5.41, 5.74) is 0.991. The molecule has 3 nitrogen and oxygen atoms in total. The lowest BCUT2D eigenvalue weighted by atomic mass is 10.2. The third kappa shape index (κ3) is 4.11. The van der Waals surface area contributed by atoms with E-state index in [1.54, 1.807) is 7.05 Å². The predicted molar refractivity (Wildman–Crippen MR) is 65.0 cm³/mol. The van der Waals surface area contributed by atoms with Gasteiger partial charge in [0.2, 0.25) is 5.91 Å². The molecule has 0 aliphatic heterocycles. The van der Waals surface area contributed by atoms with E-state index in [1.807, 2.05) is 25.1 Å². The van der Waals surface area contributed by atoms with Gasteiger partial charge in [0, 0.05) is 18.5 Å². The van der Waals surface area contributed by atoms with Crippen molar-refractivity contribution in [2.45, 2.75) is 19.8 Å². The first-order chi connectivity index (χ1) is 7.63. The number of amides is 1. The van der Waals surface area contributed by atoms with Gasteiger partial charge in [0.05, 0.1) is 6.61 Å². The van der Waals surface area contributed by atoms with E-state index in [9.17, 15) is 4.79 Å². The average molecular weight is 242 g/mol. The molecule has 0 saturated carbocycles. The second-order valence-electron chi connectivity index (χ2n) is 3.54. The normalized spacial score (nSPS) is 9.94. The first kappa shape index (κ1) is 12.8. The van der Waals surface area contributed by atoms with E-state index in [0.717, 1.165) is 16.3 Å². The summed E-state index contributed by atoms with van der Waals surface area (Å²) in [4.78, 5) is 10.9. The van der Waals surface area contributed by atoms with E-state index < -0.39 is 0 Å². The fraction of sp³-hybridized carbons (Fsp3) is 0.417. The highest BCUT2D eigenvalue weighted by atomic mass is 35.5. The van der Waals surface area contributed by atoms with E-state index in [0.29, 0.717) is 19.4 Å². The van der Waals surface area contributed by atoms with Crippen LogP contribution in [0.25, 0.3) is 0 Å². The quantitative estimate of drug-likeness (QED) is 0.805. The molecule has 0 bridgehead atoms. The Balaban J connectivity index is 2.32. The molecule has 0 atom stereocenters. The van der Waals surface area contributed by atoms with Gasteiger partial charge in [0.25, 0.3) is 0 Å². The summed E-state index contributed by atoms with van der Waals surface area (Å²) in [6.45, 7) is 2.47. The van der Waals surface area contributed by atoms with Crippen LogP contribution in [0.2, 0.25) is 5.02 Å². The summed E-state index contributed by atoms with van der Waals surface area (Å²) in [5, 5.41) is 3.30. The molecule has 1 N–H and O–H groups in total. The molecular weight excluding hydrogens is 226 g/mol. The number of benzene rings is 1. The van der Waals surface area contributed by atoms with Crippen molar-refractivity contribution in [2.24, 2.45) is 0 Å². The zero-order valence-electron chi connectivity index (χ0n) is 9.55. The molecule has 16 heavy (non-hydrogen) atoms. The minimum atomic E-state index is 0.0379. The second kappa shape index (κ2) is 6.38. The maximum atomic E-state index is 10.9. The lowest BCUT2D eigenvalue weighted by Gasteiger charge is -2.07. The van der Waals surface area contributed by atoms with Gasteiger partial charge in [0.15, 0.2) is 0 Å². The summed E-state index contributed by atoms with van der Waals surface area (Å²) in [6, 6.07) is 5.53. The Kier molecular flexibility index (Phi) is 5.12. The Labute approximate surface area is 101 Å². The number of aryl methyl sites for hydroxylation is 1. The molecule has 0 aliphatic rings. The Hall–Kier alpha value is -1.22. The van der Waals surface area contributed by atoms with E-state index in [4.69, 9.17) is 16.3 Å². The number of halogens is 1. The summed E-state index contributed by atoms with van der Waals surface area (Å²) in [7, 11) is 1.63. The van der Waals surface area contributed by atoms with Crippen molar-refractivity contribution in [3.63, 3.8) is 0 Å². The third-order valence-corrected chi connectivity index (χ3v) is 2.65. The molecule has 4 heteroatoms. The molecule has 1 aromatic rings. The minimum Gasteiger partial charge on any atom is -0.494 e. The van der Waals surface area contributed by atoms with E-state index >= 15 is 0 Å². The van der Waals surface area contributed by atoms with Gasteiger partial charge in [-0.15, -0.1) is 0 Å². The van der Waals surface area contributed by atoms with Crippen molar-refractivity contribution in [3.05, 3.63) is 28.8 Å².